The molecule has 2 amide bonds. The summed E-state index contributed by atoms with van der Waals surface area (Å²) < 4.78 is 12.0. The van der Waals surface area contributed by atoms with Gasteiger partial charge in [-0.1, -0.05) is 6.07 Å². The first-order valence-electron chi connectivity index (χ1n) is 9.89. The van der Waals surface area contributed by atoms with Crippen molar-refractivity contribution >= 4 is 39.3 Å². The Bertz CT molecular complexity index is 958. The minimum Gasteiger partial charge on any atom is -0.487 e. The molecule has 2 atom stereocenters. The van der Waals surface area contributed by atoms with Crippen LogP contribution in [0.25, 0.3) is 0 Å². The fraction of sp³-hybridized carbons (Fsp3) is 0.318. The number of carbonyl (C=O) groups is 2. The molecule has 1 aliphatic heterocycles. The Morgan fingerprint density at radius 2 is 2.00 bits per heavy atom. The summed E-state index contributed by atoms with van der Waals surface area (Å²) in [5, 5.41) is 12.9. The SMILES string of the molecule is C[C@H](NC(=O)CC(=O)Nc1ccc(C(=N)N)cc1)c1ccc(OC2CCOC2)c(Br)c1. The average molecular weight is 489 g/mol. The molecule has 3 rings (SSSR count). The maximum Gasteiger partial charge on any atom is 0.233 e. The Kier molecular flexibility index (Phi) is 7.64. The molecular weight excluding hydrogens is 464 g/mol. The third-order valence-electron chi connectivity index (χ3n) is 4.82. The van der Waals surface area contributed by atoms with Crippen LogP contribution in [-0.4, -0.2) is 37.0 Å². The molecule has 9 heteroatoms. The van der Waals surface area contributed by atoms with Gasteiger partial charge in [-0.3, -0.25) is 15.0 Å². The summed E-state index contributed by atoms with van der Waals surface area (Å²) in [7, 11) is 0. The van der Waals surface area contributed by atoms with Gasteiger partial charge in [0.15, 0.2) is 0 Å². The van der Waals surface area contributed by atoms with Gasteiger partial charge in [0.2, 0.25) is 11.8 Å². The number of nitrogens with one attached hydrogen (secondary N) is 3. The molecule has 2 aromatic carbocycles. The summed E-state index contributed by atoms with van der Waals surface area (Å²) in [6.07, 6.45) is 0.614. The molecule has 164 valence electrons. The first kappa shape index (κ1) is 22.8. The number of ether oxygens (including phenoxy) is 2. The van der Waals surface area contributed by atoms with Crippen LogP contribution < -0.4 is 21.1 Å². The van der Waals surface area contributed by atoms with Gasteiger partial charge in [0.25, 0.3) is 0 Å². The first-order valence-corrected chi connectivity index (χ1v) is 10.7. The summed E-state index contributed by atoms with van der Waals surface area (Å²) in [5.74, 6) is -0.133. The highest BCUT2D eigenvalue weighted by molar-refractivity contribution is 9.10. The number of rotatable bonds is 8. The number of carbonyl (C=O) groups excluding carboxylic acids is 2. The molecule has 0 aliphatic carbocycles. The quantitative estimate of drug-likeness (QED) is 0.258. The number of nitrogens with two attached hydrogens (primary N) is 1. The molecule has 1 saturated heterocycles. The van der Waals surface area contributed by atoms with E-state index >= 15 is 0 Å². The van der Waals surface area contributed by atoms with Gasteiger partial charge in [-0.2, -0.15) is 0 Å². The van der Waals surface area contributed by atoms with Gasteiger partial charge in [0, 0.05) is 17.7 Å². The van der Waals surface area contributed by atoms with Gasteiger partial charge in [-0.05, 0) is 64.8 Å². The van der Waals surface area contributed by atoms with Gasteiger partial charge in [0.1, 0.15) is 24.1 Å². The number of halogens is 1. The van der Waals surface area contributed by atoms with Crippen molar-refractivity contribution in [2.75, 3.05) is 18.5 Å². The van der Waals surface area contributed by atoms with Crippen LogP contribution in [0.1, 0.15) is 36.9 Å². The lowest BCUT2D eigenvalue weighted by Gasteiger charge is -2.17. The second-order valence-corrected chi connectivity index (χ2v) is 8.15. The second-order valence-electron chi connectivity index (χ2n) is 7.30. The van der Waals surface area contributed by atoms with Crippen molar-refractivity contribution in [3.63, 3.8) is 0 Å². The largest absolute Gasteiger partial charge is 0.487 e. The first-order chi connectivity index (χ1) is 14.8. The van der Waals surface area contributed by atoms with E-state index in [0.29, 0.717) is 24.5 Å². The molecule has 1 aliphatic rings. The normalized spacial score (nSPS) is 16.4. The number of anilines is 1. The monoisotopic (exact) mass is 488 g/mol. The van der Waals surface area contributed by atoms with Gasteiger partial charge < -0.3 is 25.8 Å². The molecule has 1 fully saturated rings. The predicted molar refractivity (Wildman–Crippen MR) is 121 cm³/mol. The van der Waals surface area contributed by atoms with E-state index in [9.17, 15) is 9.59 Å². The van der Waals surface area contributed by atoms with E-state index in [1.807, 2.05) is 25.1 Å². The lowest BCUT2D eigenvalue weighted by atomic mass is 10.1. The van der Waals surface area contributed by atoms with Gasteiger partial charge >= 0.3 is 0 Å². The van der Waals surface area contributed by atoms with Crippen molar-refractivity contribution in [3.8, 4) is 5.75 Å². The molecule has 0 aromatic heterocycles. The number of hydrogen-bond donors (Lipinski definition) is 4. The van der Waals surface area contributed by atoms with E-state index in [-0.39, 0.29) is 30.3 Å². The van der Waals surface area contributed by atoms with Crippen molar-refractivity contribution in [1.82, 2.24) is 5.32 Å². The molecule has 0 saturated carbocycles. The molecule has 1 unspecified atom stereocenters. The van der Waals surface area contributed by atoms with Crippen LogP contribution in [-0.2, 0) is 14.3 Å². The molecule has 31 heavy (non-hydrogen) atoms. The Morgan fingerprint density at radius 3 is 2.61 bits per heavy atom. The average Bonchev–Trinajstić information content (AvgIpc) is 3.22. The van der Waals surface area contributed by atoms with Crippen molar-refractivity contribution in [1.29, 1.82) is 5.41 Å². The Labute approximate surface area is 189 Å². The van der Waals surface area contributed by atoms with Crippen LogP contribution in [0.15, 0.2) is 46.9 Å². The highest BCUT2D eigenvalue weighted by Gasteiger charge is 2.19. The molecule has 0 bridgehead atoms. The van der Waals surface area contributed by atoms with E-state index in [2.05, 4.69) is 26.6 Å². The number of hydrogen-bond acceptors (Lipinski definition) is 5. The number of amidine groups is 1. The standard InChI is InChI=1S/C22H25BrN4O4/c1-13(15-4-7-19(18(23)10-15)31-17-8-9-30-12-17)26-20(28)11-21(29)27-16-5-2-14(3-6-16)22(24)25/h2-7,10,13,17H,8-9,11-12H2,1H3,(H3,24,25)(H,26,28)(H,27,29)/t13-,17?/m0/s1. The summed E-state index contributed by atoms with van der Waals surface area (Å²) in [6.45, 7) is 3.15. The summed E-state index contributed by atoms with van der Waals surface area (Å²) >= 11 is 3.52. The minimum atomic E-state index is -0.427. The number of benzene rings is 2. The van der Waals surface area contributed by atoms with Gasteiger partial charge in [-0.25, -0.2) is 0 Å². The van der Waals surface area contributed by atoms with Crippen LogP contribution in [0.3, 0.4) is 0 Å². The van der Waals surface area contributed by atoms with Gasteiger partial charge in [0.05, 0.1) is 23.7 Å². The molecule has 0 spiro atoms. The third-order valence-corrected chi connectivity index (χ3v) is 5.44. The minimum absolute atomic E-state index is 0.0509. The molecule has 2 aromatic rings. The van der Waals surface area contributed by atoms with E-state index in [1.54, 1.807) is 24.3 Å². The fourth-order valence-electron chi connectivity index (χ4n) is 3.13. The van der Waals surface area contributed by atoms with Gasteiger partial charge in [-0.15, -0.1) is 0 Å². The topological polar surface area (TPSA) is 127 Å². The molecule has 8 nitrogen and oxygen atoms in total. The highest BCUT2D eigenvalue weighted by atomic mass is 79.9. The Morgan fingerprint density at radius 1 is 1.26 bits per heavy atom. The summed E-state index contributed by atoms with van der Waals surface area (Å²) in [4.78, 5) is 24.4. The second kappa shape index (κ2) is 10.4. The maximum absolute atomic E-state index is 12.3. The van der Waals surface area contributed by atoms with Crippen LogP contribution in [0.5, 0.6) is 5.75 Å². The number of amides is 2. The van der Waals surface area contributed by atoms with Crippen molar-refractivity contribution in [3.05, 3.63) is 58.1 Å². The van der Waals surface area contributed by atoms with E-state index in [0.717, 1.165) is 22.2 Å². The molecule has 5 N–H and O–H groups in total. The molecule has 1 heterocycles. The molecular formula is C22H25BrN4O4. The van der Waals surface area contributed by atoms with Crippen molar-refractivity contribution in [2.45, 2.75) is 31.9 Å². The lowest BCUT2D eigenvalue weighted by molar-refractivity contribution is -0.127. The maximum atomic E-state index is 12.3. The third kappa shape index (κ3) is 6.53. The summed E-state index contributed by atoms with van der Waals surface area (Å²) in [5.41, 5.74) is 7.38. The smallest absolute Gasteiger partial charge is 0.233 e. The van der Waals surface area contributed by atoms with E-state index < -0.39 is 5.91 Å². The van der Waals surface area contributed by atoms with Crippen LogP contribution in [0, 0.1) is 5.41 Å². The van der Waals surface area contributed by atoms with Crippen LogP contribution >= 0.6 is 15.9 Å². The highest BCUT2D eigenvalue weighted by Crippen LogP contribution is 2.30. The van der Waals surface area contributed by atoms with Crippen molar-refractivity contribution in [2.24, 2.45) is 5.73 Å². The predicted octanol–water partition coefficient (Wildman–Crippen LogP) is 3.11. The Balaban J connectivity index is 1.50. The zero-order valence-electron chi connectivity index (χ0n) is 17.1. The van der Waals surface area contributed by atoms with Crippen LogP contribution in [0.4, 0.5) is 5.69 Å². The zero-order chi connectivity index (χ0) is 22.4. The lowest BCUT2D eigenvalue weighted by Crippen LogP contribution is -2.30. The molecule has 0 radical (unpaired) electrons. The summed E-state index contributed by atoms with van der Waals surface area (Å²) in [6, 6.07) is 11.9. The van der Waals surface area contributed by atoms with E-state index in [4.69, 9.17) is 20.6 Å². The Hall–Kier alpha value is -2.91. The van der Waals surface area contributed by atoms with E-state index in [1.165, 1.54) is 0 Å². The van der Waals surface area contributed by atoms with Crippen LogP contribution in [0.2, 0.25) is 0 Å². The number of nitrogen functional groups attached to an aromatic ring is 1. The fourth-order valence-corrected chi connectivity index (χ4v) is 3.62. The zero-order valence-corrected chi connectivity index (χ0v) is 18.7. The van der Waals surface area contributed by atoms with Crippen molar-refractivity contribution < 1.29 is 19.1 Å².